The van der Waals surface area contributed by atoms with Gasteiger partial charge in [-0.2, -0.15) is 0 Å². The van der Waals surface area contributed by atoms with Crippen LogP contribution in [-0.2, 0) is 6.54 Å². The highest BCUT2D eigenvalue weighted by atomic mass is 15.2. The molecular formula is C16H31N5. The molecule has 1 heterocycles. The molecule has 0 saturated carbocycles. The summed E-state index contributed by atoms with van der Waals surface area (Å²) in [4.78, 5) is 13.4. The fourth-order valence-electron chi connectivity index (χ4n) is 1.95. The number of hydrogen-bond acceptors (Lipinski definition) is 5. The van der Waals surface area contributed by atoms with Gasteiger partial charge in [0.1, 0.15) is 0 Å². The van der Waals surface area contributed by atoms with E-state index in [-0.39, 0.29) is 5.54 Å². The predicted octanol–water partition coefficient (Wildman–Crippen LogP) is 2.14. The minimum absolute atomic E-state index is 0.111. The summed E-state index contributed by atoms with van der Waals surface area (Å²) in [6.45, 7) is 12.4. The molecule has 0 aliphatic rings. The van der Waals surface area contributed by atoms with Crippen molar-refractivity contribution in [1.82, 2.24) is 20.2 Å². The van der Waals surface area contributed by atoms with Crippen LogP contribution in [0.3, 0.4) is 0 Å². The first-order chi connectivity index (χ1) is 9.81. The maximum absolute atomic E-state index is 4.51. The van der Waals surface area contributed by atoms with Gasteiger partial charge in [0.15, 0.2) is 0 Å². The van der Waals surface area contributed by atoms with Crippen molar-refractivity contribution in [3.8, 4) is 0 Å². The largest absolute Gasteiger partial charge is 0.341 e. The Labute approximate surface area is 129 Å². The van der Waals surface area contributed by atoms with Gasteiger partial charge < -0.3 is 15.1 Å². The molecule has 0 aromatic carbocycles. The van der Waals surface area contributed by atoms with Gasteiger partial charge in [-0.3, -0.25) is 0 Å². The SMILES string of the molecule is CCN(CCCN(C)C)c1ncc(CNC(C)(C)C)cn1. The van der Waals surface area contributed by atoms with Crippen LogP contribution in [0.15, 0.2) is 12.4 Å². The minimum atomic E-state index is 0.111. The molecular weight excluding hydrogens is 262 g/mol. The molecule has 5 heteroatoms. The zero-order valence-corrected chi connectivity index (χ0v) is 14.5. The first-order valence-electron chi connectivity index (χ1n) is 7.77. The van der Waals surface area contributed by atoms with Gasteiger partial charge in [-0.25, -0.2) is 9.97 Å². The summed E-state index contributed by atoms with van der Waals surface area (Å²) in [5, 5.41) is 3.45. The van der Waals surface area contributed by atoms with E-state index in [0.717, 1.165) is 44.1 Å². The standard InChI is InChI=1S/C16H31N5/c1-7-21(10-8-9-20(5)6)15-17-11-14(12-18-15)13-19-16(2,3)4/h11-12,19H,7-10,13H2,1-6H3. The lowest BCUT2D eigenvalue weighted by molar-refractivity contribution is 0.400. The molecule has 120 valence electrons. The van der Waals surface area contributed by atoms with Gasteiger partial charge in [-0.05, 0) is 54.8 Å². The Hall–Kier alpha value is -1.20. The molecule has 1 N–H and O–H groups in total. The van der Waals surface area contributed by atoms with Gasteiger partial charge in [0, 0.05) is 43.1 Å². The second-order valence-electron chi connectivity index (χ2n) is 6.73. The van der Waals surface area contributed by atoms with Crippen LogP contribution >= 0.6 is 0 Å². The normalized spacial score (nSPS) is 12.0. The maximum Gasteiger partial charge on any atom is 0.225 e. The van der Waals surface area contributed by atoms with Crippen molar-refractivity contribution in [2.75, 3.05) is 38.6 Å². The van der Waals surface area contributed by atoms with E-state index in [1.807, 2.05) is 12.4 Å². The van der Waals surface area contributed by atoms with Crippen LogP contribution in [0.25, 0.3) is 0 Å². The molecule has 0 radical (unpaired) electrons. The van der Waals surface area contributed by atoms with E-state index in [0.29, 0.717) is 0 Å². The molecule has 1 aromatic heterocycles. The molecule has 21 heavy (non-hydrogen) atoms. The average molecular weight is 293 g/mol. The van der Waals surface area contributed by atoms with E-state index in [4.69, 9.17) is 0 Å². The number of nitrogens with one attached hydrogen (secondary N) is 1. The molecule has 0 aliphatic carbocycles. The van der Waals surface area contributed by atoms with Crippen molar-refractivity contribution < 1.29 is 0 Å². The van der Waals surface area contributed by atoms with Crippen LogP contribution in [0, 0.1) is 0 Å². The molecule has 0 saturated heterocycles. The van der Waals surface area contributed by atoms with Crippen molar-refractivity contribution in [3.05, 3.63) is 18.0 Å². The molecule has 0 bridgehead atoms. The van der Waals surface area contributed by atoms with Crippen molar-refractivity contribution in [3.63, 3.8) is 0 Å². The smallest absolute Gasteiger partial charge is 0.225 e. The molecule has 0 unspecified atom stereocenters. The number of nitrogens with zero attached hydrogens (tertiary/aromatic N) is 4. The van der Waals surface area contributed by atoms with Crippen molar-refractivity contribution >= 4 is 5.95 Å². The Balaban J connectivity index is 2.54. The molecule has 0 fully saturated rings. The number of anilines is 1. The molecule has 5 nitrogen and oxygen atoms in total. The van der Waals surface area contributed by atoms with Crippen LogP contribution in [0.1, 0.15) is 39.7 Å². The Bertz CT molecular complexity index is 394. The van der Waals surface area contributed by atoms with E-state index in [1.54, 1.807) is 0 Å². The molecule has 0 aliphatic heterocycles. The van der Waals surface area contributed by atoms with E-state index in [1.165, 1.54) is 0 Å². The van der Waals surface area contributed by atoms with Crippen LogP contribution in [0.4, 0.5) is 5.95 Å². The Morgan fingerprint density at radius 2 is 1.71 bits per heavy atom. The molecule has 0 amide bonds. The zero-order chi connectivity index (χ0) is 15.9. The van der Waals surface area contributed by atoms with Crippen molar-refractivity contribution in [1.29, 1.82) is 0 Å². The van der Waals surface area contributed by atoms with Gasteiger partial charge in [0.25, 0.3) is 0 Å². The average Bonchev–Trinajstić information content (AvgIpc) is 2.41. The lowest BCUT2D eigenvalue weighted by atomic mass is 10.1. The fourth-order valence-corrected chi connectivity index (χ4v) is 1.95. The Kier molecular flexibility index (Phi) is 7.05. The van der Waals surface area contributed by atoms with Gasteiger partial charge in [0.05, 0.1) is 0 Å². The monoisotopic (exact) mass is 293 g/mol. The highest BCUT2D eigenvalue weighted by molar-refractivity contribution is 5.29. The molecule has 0 spiro atoms. The Morgan fingerprint density at radius 1 is 1.10 bits per heavy atom. The van der Waals surface area contributed by atoms with E-state index < -0.39 is 0 Å². The summed E-state index contributed by atoms with van der Waals surface area (Å²) in [7, 11) is 4.20. The van der Waals surface area contributed by atoms with E-state index >= 15 is 0 Å². The predicted molar refractivity (Wildman–Crippen MR) is 89.7 cm³/mol. The third-order valence-electron chi connectivity index (χ3n) is 3.21. The lowest BCUT2D eigenvalue weighted by Gasteiger charge is -2.22. The lowest BCUT2D eigenvalue weighted by Crippen LogP contribution is -2.35. The summed E-state index contributed by atoms with van der Waals surface area (Å²) in [5.41, 5.74) is 1.23. The van der Waals surface area contributed by atoms with Gasteiger partial charge in [-0.15, -0.1) is 0 Å². The third-order valence-corrected chi connectivity index (χ3v) is 3.21. The summed E-state index contributed by atoms with van der Waals surface area (Å²) in [6.07, 6.45) is 4.98. The zero-order valence-electron chi connectivity index (χ0n) is 14.5. The number of hydrogen-bond donors (Lipinski definition) is 1. The Morgan fingerprint density at radius 3 is 2.19 bits per heavy atom. The highest BCUT2D eigenvalue weighted by Crippen LogP contribution is 2.09. The number of rotatable bonds is 8. The minimum Gasteiger partial charge on any atom is -0.341 e. The molecule has 0 atom stereocenters. The van der Waals surface area contributed by atoms with Crippen molar-refractivity contribution in [2.24, 2.45) is 0 Å². The topological polar surface area (TPSA) is 44.3 Å². The molecule has 1 rings (SSSR count). The van der Waals surface area contributed by atoms with Gasteiger partial charge >= 0.3 is 0 Å². The summed E-state index contributed by atoms with van der Waals surface area (Å²) in [5.74, 6) is 0.829. The van der Waals surface area contributed by atoms with Crippen molar-refractivity contribution in [2.45, 2.75) is 46.2 Å². The fraction of sp³-hybridized carbons (Fsp3) is 0.750. The molecule has 1 aromatic rings. The van der Waals surface area contributed by atoms with Crippen LogP contribution in [0.2, 0.25) is 0 Å². The van der Waals surface area contributed by atoms with Crippen LogP contribution in [0.5, 0.6) is 0 Å². The second-order valence-corrected chi connectivity index (χ2v) is 6.73. The second kappa shape index (κ2) is 8.29. The first kappa shape index (κ1) is 17.9. The highest BCUT2D eigenvalue weighted by Gasteiger charge is 2.10. The first-order valence-corrected chi connectivity index (χ1v) is 7.77. The van der Waals surface area contributed by atoms with Gasteiger partial charge in [0.2, 0.25) is 5.95 Å². The van der Waals surface area contributed by atoms with Crippen LogP contribution in [-0.4, -0.2) is 54.1 Å². The number of aromatic nitrogens is 2. The van der Waals surface area contributed by atoms with Crippen LogP contribution < -0.4 is 10.2 Å². The summed E-state index contributed by atoms with van der Waals surface area (Å²) < 4.78 is 0. The third kappa shape index (κ3) is 7.39. The summed E-state index contributed by atoms with van der Waals surface area (Å²) in [6, 6.07) is 0. The van der Waals surface area contributed by atoms with E-state index in [2.05, 4.69) is 66.9 Å². The van der Waals surface area contributed by atoms with E-state index in [9.17, 15) is 0 Å². The summed E-state index contributed by atoms with van der Waals surface area (Å²) >= 11 is 0. The van der Waals surface area contributed by atoms with Gasteiger partial charge in [-0.1, -0.05) is 0 Å². The quantitative estimate of drug-likeness (QED) is 0.795. The maximum atomic E-state index is 4.51.